The van der Waals surface area contributed by atoms with Gasteiger partial charge in [0.25, 0.3) is 5.56 Å². The van der Waals surface area contributed by atoms with Crippen molar-refractivity contribution >= 4 is 11.8 Å². The molecule has 0 unspecified atom stereocenters. The van der Waals surface area contributed by atoms with Crippen molar-refractivity contribution in [3.63, 3.8) is 0 Å². The van der Waals surface area contributed by atoms with Crippen LogP contribution in [0.3, 0.4) is 0 Å². The summed E-state index contributed by atoms with van der Waals surface area (Å²) in [6.07, 6.45) is 2.26. The van der Waals surface area contributed by atoms with Crippen LogP contribution in [0.2, 0.25) is 0 Å². The van der Waals surface area contributed by atoms with Gasteiger partial charge in [-0.1, -0.05) is 36.4 Å². The van der Waals surface area contributed by atoms with Gasteiger partial charge in [-0.05, 0) is 30.4 Å². The largest absolute Gasteiger partial charge is 0.356 e. The molecule has 0 spiro atoms. The van der Waals surface area contributed by atoms with Crippen molar-refractivity contribution < 1.29 is 9.59 Å². The van der Waals surface area contributed by atoms with Crippen LogP contribution >= 0.6 is 0 Å². The summed E-state index contributed by atoms with van der Waals surface area (Å²) in [6.45, 7) is 2.56. The van der Waals surface area contributed by atoms with Gasteiger partial charge in [-0.15, -0.1) is 0 Å². The van der Waals surface area contributed by atoms with Gasteiger partial charge in [0.1, 0.15) is 0 Å². The van der Waals surface area contributed by atoms with Gasteiger partial charge in [0.2, 0.25) is 11.8 Å². The van der Waals surface area contributed by atoms with Crippen molar-refractivity contribution in [1.29, 1.82) is 0 Å². The van der Waals surface area contributed by atoms with E-state index in [9.17, 15) is 14.4 Å². The zero-order valence-electron chi connectivity index (χ0n) is 16.5. The molecule has 1 aromatic heterocycles. The molecule has 1 N–H and O–H groups in total. The minimum absolute atomic E-state index is 0.0321. The maximum atomic E-state index is 12.7. The molecule has 1 fully saturated rings. The van der Waals surface area contributed by atoms with Gasteiger partial charge < -0.3 is 14.8 Å². The highest BCUT2D eigenvalue weighted by molar-refractivity contribution is 5.83. The highest BCUT2D eigenvalue weighted by Crippen LogP contribution is 2.35. The number of aromatic nitrogens is 1. The monoisotopic (exact) mass is 393 g/mol. The zero-order valence-corrected chi connectivity index (χ0v) is 16.5. The highest BCUT2D eigenvalue weighted by atomic mass is 16.2. The topological polar surface area (TPSA) is 71.4 Å². The Hall–Kier alpha value is -2.89. The van der Waals surface area contributed by atoms with Crippen LogP contribution in [0.15, 0.2) is 53.3 Å². The minimum Gasteiger partial charge on any atom is -0.356 e. The van der Waals surface area contributed by atoms with Crippen molar-refractivity contribution in [3.05, 3.63) is 70.1 Å². The number of nitrogens with zero attached hydrogens (tertiary/aromatic N) is 2. The van der Waals surface area contributed by atoms with Gasteiger partial charge in [-0.3, -0.25) is 14.4 Å². The maximum absolute atomic E-state index is 12.7. The van der Waals surface area contributed by atoms with E-state index in [2.05, 4.69) is 5.32 Å². The van der Waals surface area contributed by atoms with E-state index in [0.717, 1.165) is 18.5 Å². The normalized spacial score (nSPS) is 20.1. The molecule has 0 radical (unpaired) electrons. The third kappa shape index (κ3) is 4.58. The number of fused-ring (bicyclic) bond motifs is 4. The first-order chi connectivity index (χ1) is 14.1. The molecule has 3 heterocycles. The van der Waals surface area contributed by atoms with Crippen LogP contribution < -0.4 is 10.9 Å². The van der Waals surface area contributed by atoms with E-state index in [1.54, 1.807) is 12.1 Å². The summed E-state index contributed by atoms with van der Waals surface area (Å²) in [5.41, 5.74) is 2.26. The Balaban J connectivity index is 1.25. The zero-order chi connectivity index (χ0) is 20.2. The fourth-order valence-corrected chi connectivity index (χ4v) is 4.56. The Bertz CT molecular complexity index is 938. The lowest BCUT2D eigenvalue weighted by molar-refractivity contribution is -0.136. The van der Waals surface area contributed by atoms with Gasteiger partial charge in [0.15, 0.2) is 0 Å². The number of hydrogen-bond donors (Lipinski definition) is 1. The second-order valence-electron chi connectivity index (χ2n) is 8.08. The van der Waals surface area contributed by atoms with E-state index in [-0.39, 0.29) is 36.1 Å². The molecule has 6 heteroatoms. The number of amides is 2. The molecule has 0 aliphatic carbocycles. The molecule has 29 heavy (non-hydrogen) atoms. The first kappa shape index (κ1) is 19.4. The Morgan fingerprint density at radius 3 is 2.62 bits per heavy atom. The van der Waals surface area contributed by atoms with Crippen molar-refractivity contribution in [2.24, 2.45) is 5.92 Å². The molecule has 2 bridgehead atoms. The SMILES string of the molecule is O=C(CCC(=O)N1C[C@@H]2C[C@H](C1)c1cccc(=O)n1C2)NCCc1ccccc1. The Kier molecular flexibility index (Phi) is 5.79. The molecular formula is C23H27N3O3. The molecule has 0 saturated carbocycles. The van der Waals surface area contributed by atoms with Crippen LogP contribution in [0.4, 0.5) is 0 Å². The molecule has 2 amide bonds. The second-order valence-corrected chi connectivity index (χ2v) is 8.08. The van der Waals surface area contributed by atoms with Crippen LogP contribution in [-0.2, 0) is 22.6 Å². The Labute approximate surface area is 170 Å². The number of nitrogens with one attached hydrogen (secondary N) is 1. The van der Waals surface area contributed by atoms with Gasteiger partial charge in [0, 0.05) is 56.7 Å². The summed E-state index contributed by atoms with van der Waals surface area (Å²) in [4.78, 5) is 38.8. The van der Waals surface area contributed by atoms with E-state index in [1.165, 1.54) is 5.56 Å². The predicted molar refractivity (Wildman–Crippen MR) is 111 cm³/mol. The molecule has 2 atom stereocenters. The summed E-state index contributed by atoms with van der Waals surface area (Å²) in [5, 5.41) is 2.90. The van der Waals surface area contributed by atoms with Crippen LogP contribution in [-0.4, -0.2) is 40.9 Å². The third-order valence-electron chi connectivity index (χ3n) is 5.98. The van der Waals surface area contributed by atoms with E-state index < -0.39 is 0 Å². The standard InChI is InChI=1S/C23H27N3O3/c27-21(24-12-11-17-5-2-1-3-6-17)9-10-22(28)25-14-18-13-19(16-25)20-7-4-8-23(29)26(20)15-18/h1-8,18-19H,9-16H2,(H,24,27)/t18-,19+/m0/s1. The average Bonchev–Trinajstić information content (AvgIpc) is 2.73. The van der Waals surface area contributed by atoms with Crippen LogP contribution in [0.25, 0.3) is 0 Å². The summed E-state index contributed by atoms with van der Waals surface area (Å²) >= 11 is 0. The lowest BCUT2D eigenvalue weighted by atomic mass is 9.83. The summed E-state index contributed by atoms with van der Waals surface area (Å²) < 4.78 is 1.86. The molecule has 6 nitrogen and oxygen atoms in total. The molecule has 1 saturated heterocycles. The summed E-state index contributed by atoms with van der Waals surface area (Å²) in [5.74, 6) is 0.470. The summed E-state index contributed by atoms with van der Waals surface area (Å²) in [7, 11) is 0. The molecule has 4 rings (SSSR count). The minimum atomic E-state index is -0.0802. The molecule has 2 aliphatic rings. The predicted octanol–water partition coefficient (Wildman–Crippen LogP) is 1.93. The number of benzene rings is 1. The molecule has 2 aromatic rings. The van der Waals surface area contributed by atoms with E-state index >= 15 is 0 Å². The quantitative estimate of drug-likeness (QED) is 0.815. The van der Waals surface area contributed by atoms with Crippen LogP contribution in [0, 0.1) is 5.92 Å². The molecular weight excluding hydrogens is 366 g/mol. The second kappa shape index (κ2) is 8.64. The van der Waals surface area contributed by atoms with E-state index in [0.29, 0.717) is 32.1 Å². The van der Waals surface area contributed by atoms with Gasteiger partial charge in [-0.25, -0.2) is 0 Å². The van der Waals surface area contributed by atoms with Gasteiger partial charge >= 0.3 is 0 Å². The van der Waals surface area contributed by atoms with Crippen LogP contribution in [0.5, 0.6) is 0 Å². The Morgan fingerprint density at radius 1 is 0.966 bits per heavy atom. The number of likely N-dealkylation sites (tertiary alicyclic amines) is 1. The summed E-state index contributed by atoms with van der Waals surface area (Å²) in [6, 6.07) is 15.4. The third-order valence-corrected chi connectivity index (χ3v) is 5.98. The van der Waals surface area contributed by atoms with Gasteiger partial charge in [-0.2, -0.15) is 0 Å². The van der Waals surface area contributed by atoms with E-state index in [1.807, 2.05) is 45.9 Å². The molecule has 2 aliphatic heterocycles. The van der Waals surface area contributed by atoms with Crippen LogP contribution in [0.1, 0.15) is 36.4 Å². The van der Waals surface area contributed by atoms with Crippen molar-refractivity contribution in [2.45, 2.75) is 38.1 Å². The number of carbonyl (C=O) groups is 2. The first-order valence-electron chi connectivity index (χ1n) is 10.4. The number of hydrogen-bond acceptors (Lipinski definition) is 3. The average molecular weight is 393 g/mol. The lowest BCUT2D eigenvalue weighted by Crippen LogP contribution is -2.49. The number of pyridine rings is 1. The lowest BCUT2D eigenvalue weighted by Gasteiger charge is -2.42. The Morgan fingerprint density at radius 2 is 1.79 bits per heavy atom. The van der Waals surface area contributed by atoms with Crippen molar-refractivity contribution in [3.8, 4) is 0 Å². The molecule has 152 valence electrons. The number of piperidine rings is 1. The molecule has 1 aromatic carbocycles. The fourth-order valence-electron chi connectivity index (χ4n) is 4.56. The van der Waals surface area contributed by atoms with E-state index in [4.69, 9.17) is 0 Å². The van der Waals surface area contributed by atoms with Gasteiger partial charge in [0.05, 0.1) is 0 Å². The van der Waals surface area contributed by atoms with Crippen molar-refractivity contribution in [2.75, 3.05) is 19.6 Å². The first-order valence-corrected chi connectivity index (χ1v) is 10.4. The smallest absolute Gasteiger partial charge is 0.250 e. The van der Waals surface area contributed by atoms with Crippen molar-refractivity contribution in [1.82, 2.24) is 14.8 Å². The maximum Gasteiger partial charge on any atom is 0.250 e. The number of rotatable bonds is 6. The fraction of sp³-hybridized carbons (Fsp3) is 0.435. The number of carbonyl (C=O) groups excluding carboxylic acids is 2. The highest BCUT2D eigenvalue weighted by Gasteiger charge is 2.36.